The van der Waals surface area contributed by atoms with Crippen LogP contribution in [0.1, 0.15) is 19.8 Å². The van der Waals surface area contributed by atoms with Crippen molar-refractivity contribution in [3.63, 3.8) is 0 Å². The molecule has 2 N–H and O–H groups in total. The third kappa shape index (κ3) is 7.52. The van der Waals surface area contributed by atoms with Gasteiger partial charge in [-0.1, -0.05) is 6.92 Å². The smallest absolute Gasteiger partial charge is 0.327 e. The molecule has 4 nitrogen and oxygen atoms in total. The first kappa shape index (κ1) is 13.2. The predicted molar refractivity (Wildman–Crippen MR) is 35.1 cm³/mol. The molecule has 0 saturated carbocycles. The number of hydrogen-bond donors (Lipinski definition) is 1. The van der Waals surface area contributed by atoms with Gasteiger partial charge in [0.25, 0.3) is 0 Å². The molecule has 0 rings (SSSR count). The maximum Gasteiger partial charge on any atom is 0.327 e. The van der Waals surface area contributed by atoms with Crippen molar-refractivity contribution in [2.75, 3.05) is 6.54 Å². The normalized spacial score (nSPS) is 8.18. The number of carbonyl (C=O) groups is 2. The summed E-state index contributed by atoms with van der Waals surface area (Å²) in [7, 11) is 0. The van der Waals surface area contributed by atoms with Gasteiger partial charge in [-0.05, 0) is 6.42 Å². The molecule has 0 fully saturated rings. The average Bonchev–Trinajstić information content (AvgIpc) is 1.88. The van der Waals surface area contributed by atoms with Crippen LogP contribution in [0.4, 0.5) is 0 Å². The standard InChI is InChI=1S/C6H11NO3.Cu/c1-2-3-5(8)10-6(9)4-7;/h2-4,7H2,1H3;. The van der Waals surface area contributed by atoms with Crippen LogP contribution < -0.4 is 5.73 Å². The quantitative estimate of drug-likeness (QED) is 0.397. The van der Waals surface area contributed by atoms with E-state index in [4.69, 9.17) is 5.73 Å². The van der Waals surface area contributed by atoms with Crippen LogP contribution in [0, 0.1) is 0 Å². The minimum Gasteiger partial charge on any atom is -0.392 e. The number of hydrogen-bond acceptors (Lipinski definition) is 4. The summed E-state index contributed by atoms with van der Waals surface area (Å²) in [5.74, 6) is -1.17. The largest absolute Gasteiger partial charge is 0.392 e. The van der Waals surface area contributed by atoms with Crippen molar-refractivity contribution in [1.29, 1.82) is 0 Å². The van der Waals surface area contributed by atoms with Gasteiger partial charge in [-0.3, -0.25) is 9.59 Å². The van der Waals surface area contributed by atoms with E-state index in [0.717, 1.165) is 0 Å². The van der Waals surface area contributed by atoms with Gasteiger partial charge >= 0.3 is 11.9 Å². The molecule has 0 aliphatic rings. The molecule has 0 aliphatic carbocycles. The second-order valence-electron chi connectivity index (χ2n) is 1.80. The summed E-state index contributed by atoms with van der Waals surface area (Å²) < 4.78 is 4.24. The second-order valence-corrected chi connectivity index (χ2v) is 1.80. The summed E-state index contributed by atoms with van der Waals surface area (Å²) in [6.07, 6.45) is 0.947. The zero-order valence-corrected chi connectivity index (χ0v) is 7.17. The molecule has 69 valence electrons. The Kier molecular flexibility index (Phi) is 9.29. The molecule has 0 aromatic carbocycles. The maximum absolute atomic E-state index is 10.5. The van der Waals surface area contributed by atoms with Gasteiger partial charge in [0.05, 0.1) is 6.54 Å². The zero-order valence-electron chi connectivity index (χ0n) is 6.22. The van der Waals surface area contributed by atoms with E-state index in [1.165, 1.54) is 0 Å². The molecule has 0 saturated heterocycles. The predicted octanol–water partition coefficient (Wildman–Crippen LogP) is -0.187. The fourth-order valence-electron chi connectivity index (χ4n) is 0.424. The van der Waals surface area contributed by atoms with Crippen LogP contribution in [0.25, 0.3) is 0 Å². The van der Waals surface area contributed by atoms with Crippen LogP contribution in [0.2, 0.25) is 0 Å². The first-order chi connectivity index (χ1) is 4.70. The van der Waals surface area contributed by atoms with Gasteiger partial charge in [-0.25, -0.2) is 0 Å². The van der Waals surface area contributed by atoms with Crippen molar-refractivity contribution in [3.05, 3.63) is 0 Å². The first-order valence-electron chi connectivity index (χ1n) is 3.14. The Balaban J connectivity index is 0. The van der Waals surface area contributed by atoms with E-state index in [9.17, 15) is 9.59 Å². The maximum atomic E-state index is 10.5. The molecular formula is C6H11CuNO3. The van der Waals surface area contributed by atoms with E-state index < -0.39 is 11.9 Å². The van der Waals surface area contributed by atoms with E-state index in [-0.39, 0.29) is 30.0 Å². The van der Waals surface area contributed by atoms with E-state index in [0.29, 0.717) is 6.42 Å². The van der Waals surface area contributed by atoms with Gasteiger partial charge in [-0.15, -0.1) is 0 Å². The number of ether oxygens (including phenoxy) is 1. The number of rotatable bonds is 3. The van der Waals surface area contributed by atoms with Crippen LogP contribution >= 0.6 is 0 Å². The summed E-state index contributed by atoms with van der Waals surface area (Å²) in [6, 6.07) is 0. The molecule has 0 spiro atoms. The first-order valence-corrected chi connectivity index (χ1v) is 3.14. The zero-order chi connectivity index (χ0) is 7.98. The second kappa shape index (κ2) is 7.72. The van der Waals surface area contributed by atoms with Crippen LogP contribution in [-0.2, 0) is 31.4 Å². The molecule has 0 amide bonds. The molecule has 0 aromatic heterocycles. The molecule has 0 unspecified atom stereocenters. The molecule has 0 atom stereocenters. The Bertz CT molecular complexity index is 138. The summed E-state index contributed by atoms with van der Waals surface area (Å²) in [4.78, 5) is 20.8. The van der Waals surface area contributed by atoms with E-state index in [2.05, 4.69) is 4.74 Å². The molecule has 0 heterocycles. The van der Waals surface area contributed by atoms with E-state index >= 15 is 0 Å². The van der Waals surface area contributed by atoms with E-state index in [1.807, 2.05) is 6.92 Å². The Morgan fingerprint density at radius 2 is 1.91 bits per heavy atom. The Morgan fingerprint density at radius 1 is 1.36 bits per heavy atom. The van der Waals surface area contributed by atoms with Crippen molar-refractivity contribution in [3.8, 4) is 0 Å². The van der Waals surface area contributed by atoms with Gasteiger partial charge in [0, 0.05) is 23.5 Å². The summed E-state index contributed by atoms with van der Waals surface area (Å²) >= 11 is 0. The third-order valence-corrected chi connectivity index (χ3v) is 0.848. The minimum absolute atomic E-state index is 0. The average molecular weight is 209 g/mol. The van der Waals surface area contributed by atoms with E-state index in [1.54, 1.807) is 0 Å². The number of nitrogens with two attached hydrogens (primary N) is 1. The molecular weight excluding hydrogens is 198 g/mol. The van der Waals surface area contributed by atoms with Gasteiger partial charge in [0.15, 0.2) is 0 Å². The van der Waals surface area contributed by atoms with Crippen molar-refractivity contribution >= 4 is 11.9 Å². The van der Waals surface area contributed by atoms with Crippen LogP contribution in [0.15, 0.2) is 0 Å². The van der Waals surface area contributed by atoms with Gasteiger partial charge < -0.3 is 10.5 Å². The van der Waals surface area contributed by atoms with Crippen molar-refractivity contribution in [2.24, 2.45) is 5.73 Å². The molecule has 0 aromatic rings. The summed E-state index contributed by atoms with van der Waals surface area (Å²) in [5.41, 5.74) is 4.89. The molecule has 1 radical (unpaired) electrons. The van der Waals surface area contributed by atoms with Crippen molar-refractivity contribution in [1.82, 2.24) is 0 Å². The Morgan fingerprint density at radius 3 is 2.27 bits per heavy atom. The number of esters is 2. The topological polar surface area (TPSA) is 69.4 Å². The minimum atomic E-state index is -0.668. The van der Waals surface area contributed by atoms with Crippen LogP contribution in [0.3, 0.4) is 0 Å². The van der Waals surface area contributed by atoms with Gasteiger partial charge in [-0.2, -0.15) is 0 Å². The summed E-state index contributed by atoms with van der Waals surface area (Å²) in [5, 5.41) is 0. The number of carbonyl (C=O) groups excluding carboxylic acids is 2. The third-order valence-electron chi connectivity index (χ3n) is 0.848. The summed E-state index contributed by atoms with van der Waals surface area (Å²) in [6.45, 7) is 1.59. The van der Waals surface area contributed by atoms with Crippen molar-refractivity contribution < 1.29 is 31.4 Å². The monoisotopic (exact) mass is 208 g/mol. The Hall–Kier alpha value is -0.381. The molecule has 0 bridgehead atoms. The van der Waals surface area contributed by atoms with Crippen LogP contribution in [-0.4, -0.2) is 18.5 Å². The Labute approximate surface area is 75.9 Å². The fourth-order valence-corrected chi connectivity index (χ4v) is 0.424. The fraction of sp³-hybridized carbons (Fsp3) is 0.667. The van der Waals surface area contributed by atoms with Gasteiger partial charge in [0.2, 0.25) is 0 Å². The molecule has 11 heavy (non-hydrogen) atoms. The van der Waals surface area contributed by atoms with Crippen molar-refractivity contribution in [2.45, 2.75) is 19.8 Å². The molecule has 0 aliphatic heterocycles. The van der Waals surface area contributed by atoms with Gasteiger partial charge in [0.1, 0.15) is 0 Å². The SMILES string of the molecule is CCCC(=O)OC(=O)CN.[Cu]. The van der Waals surface area contributed by atoms with Crippen LogP contribution in [0.5, 0.6) is 0 Å². The molecule has 5 heteroatoms.